The van der Waals surface area contributed by atoms with Crippen molar-refractivity contribution >= 4 is 34.7 Å². The molecule has 3 aromatic rings. The van der Waals surface area contributed by atoms with Crippen molar-refractivity contribution in [3.63, 3.8) is 0 Å². The van der Waals surface area contributed by atoms with E-state index in [1.807, 2.05) is 13.8 Å². The second-order valence-corrected chi connectivity index (χ2v) is 8.02. The minimum Gasteiger partial charge on any atom is -0.411 e. The van der Waals surface area contributed by atoms with Gasteiger partial charge in [-0.25, -0.2) is 15.0 Å². The molecule has 1 saturated heterocycles. The van der Waals surface area contributed by atoms with Crippen molar-refractivity contribution in [3.8, 4) is 11.8 Å². The van der Waals surface area contributed by atoms with Crippen molar-refractivity contribution in [3.05, 3.63) is 52.7 Å². The van der Waals surface area contributed by atoms with Crippen molar-refractivity contribution in [2.24, 2.45) is 16.6 Å². The van der Waals surface area contributed by atoms with Crippen LogP contribution in [0.4, 0.5) is 5.82 Å². The molecule has 1 amide bonds. The van der Waals surface area contributed by atoms with Crippen LogP contribution in [0.2, 0.25) is 0 Å². The van der Waals surface area contributed by atoms with Crippen LogP contribution in [0.1, 0.15) is 53.1 Å². The summed E-state index contributed by atoms with van der Waals surface area (Å²) in [5.74, 6) is 5.16. The lowest BCUT2D eigenvalue weighted by Gasteiger charge is -2.25. The van der Waals surface area contributed by atoms with Crippen molar-refractivity contribution in [1.29, 1.82) is 5.41 Å². The number of amidine groups is 1. The van der Waals surface area contributed by atoms with Crippen molar-refractivity contribution in [1.82, 2.24) is 19.9 Å². The summed E-state index contributed by atoms with van der Waals surface area (Å²) in [7, 11) is 0. The average Bonchev–Trinajstić information content (AvgIpc) is 2.79. The van der Waals surface area contributed by atoms with Gasteiger partial charge in [0.15, 0.2) is 5.90 Å². The Bertz CT molecular complexity index is 1390. The monoisotopic (exact) mass is 488 g/mol. The van der Waals surface area contributed by atoms with Crippen molar-refractivity contribution in [2.45, 2.75) is 34.1 Å². The predicted octanol–water partition coefficient (Wildman–Crippen LogP) is 2.53. The maximum absolute atomic E-state index is 12.4. The normalized spacial score (nSPS) is 13.1. The molecule has 0 unspecified atom stereocenters. The van der Waals surface area contributed by atoms with E-state index in [0.29, 0.717) is 35.4 Å². The molecule has 0 bridgehead atoms. The van der Waals surface area contributed by atoms with Gasteiger partial charge in [0, 0.05) is 18.0 Å². The van der Waals surface area contributed by atoms with Gasteiger partial charge in [0.05, 0.1) is 47.8 Å². The number of amides is 1. The second kappa shape index (κ2) is 11.8. The molecule has 1 aliphatic heterocycles. The van der Waals surface area contributed by atoms with Crippen molar-refractivity contribution in [2.75, 3.05) is 18.9 Å². The van der Waals surface area contributed by atoms with Gasteiger partial charge in [-0.15, -0.1) is 0 Å². The fourth-order valence-electron chi connectivity index (χ4n) is 2.86. The number of aliphatic imine (C=N–C) groups is 1. The van der Waals surface area contributed by atoms with E-state index in [1.54, 1.807) is 6.20 Å². The summed E-state index contributed by atoms with van der Waals surface area (Å²) in [6.45, 7) is 8.73. The zero-order valence-electron chi connectivity index (χ0n) is 20.6. The molecule has 1 aliphatic rings. The number of pyridine rings is 2. The Morgan fingerprint density at radius 1 is 1.19 bits per heavy atom. The highest BCUT2D eigenvalue weighted by Crippen LogP contribution is 2.20. The largest absolute Gasteiger partial charge is 0.411 e. The molecule has 3 aromatic heterocycles. The van der Waals surface area contributed by atoms with Gasteiger partial charge in [0.25, 0.3) is 11.9 Å². The molecule has 0 aliphatic carbocycles. The number of hydrogen-bond acceptors (Lipinski definition) is 9. The summed E-state index contributed by atoms with van der Waals surface area (Å²) >= 11 is 0. The summed E-state index contributed by atoms with van der Waals surface area (Å²) in [4.78, 5) is 33.3. The topological polar surface area (TPSA) is 175 Å². The number of ether oxygens (including phenoxy) is 2. The number of nitrogen functional groups attached to an aromatic ring is 1. The van der Waals surface area contributed by atoms with E-state index in [9.17, 15) is 4.79 Å². The van der Waals surface area contributed by atoms with Gasteiger partial charge in [-0.05, 0) is 19.9 Å². The first kappa shape index (κ1) is 26.2. The molecular weight excluding hydrogens is 460 g/mol. The Balaban J connectivity index is 0.00000115. The summed E-state index contributed by atoms with van der Waals surface area (Å²) < 4.78 is 10.1. The zero-order valence-corrected chi connectivity index (χ0v) is 20.6. The van der Waals surface area contributed by atoms with E-state index in [4.69, 9.17) is 26.4 Å². The first-order valence-corrected chi connectivity index (χ1v) is 11.3. The highest BCUT2D eigenvalue weighted by molar-refractivity contribution is 6.03. The number of aryl methyl sites for hydroxylation is 2. The molecule has 1 fully saturated rings. The van der Waals surface area contributed by atoms with Crippen molar-refractivity contribution < 1.29 is 14.3 Å². The van der Waals surface area contributed by atoms with Crippen LogP contribution in [0.15, 0.2) is 29.6 Å². The highest BCUT2D eigenvalue weighted by atomic mass is 16.5. The van der Waals surface area contributed by atoms with E-state index in [2.05, 4.69) is 50.6 Å². The second-order valence-electron chi connectivity index (χ2n) is 8.02. The molecule has 0 spiro atoms. The number of nitrogens with two attached hydrogens (primary N) is 2. The summed E-state index contributed by atoms with van der Waals surface area (Å²) in [5.41, 5.74) is 15.4. The number of nitrogens with one attached hydrogen (secondary N) is 1. The molecule has 5 N–H and O–H groups in total. The minimum absolute atomic E-state index is 0.0946. The number of anilines is 1. The summed E-state index contributed by atoms with van der Waals surface area (Å²) in [6.07, 6.45) is 5.63. The molecule has 4 rings (SSSR count). The Hall–Kier alpha value is -4.43. The standard InChI is InChI=1S/C22H20N8O3.C3H8/c1-11-12(2)29-18-16(19(23)27-8-17(18)28-11)4-3-13-5-14(7-26-6-13)21(31)30-22(25)33-20(24)15-9-32-10-15;1-3-2/h5-8,15,24H,9-10H2,1-2H3,(H2,23,27)(H2,25,30,31);3H2,1-2H3. The van der Waals surface area contributed by atoms with Crippen LogP contribution in [-0.4, -0.2) is 51.0 Å². The molecule has 0 radical (unpaired) electrons. The lowest BCUT2D eigenvalue weighted by atomic mass is 10.1. The third-order valence-electron chi connectivity index (χ3n) is 4.90. The van der Waals surface area contributed by atoms with Crippen LogP contribution in [0.5, 0.6) is 0 Å². The molecule has 36 heavy (non-hydrogen) atoms. The Morgan fingerprint density at radius 3 is 2.56 bits per heavy atom. The molecule has 186 valence electrons. The highest BCUT2D eigenvalue weighted by Gasteiger charge is 2.26. The smallest absolute Gasteiger partial charge is 0.296 e. The van der Waals surface area contributed by atoms with E-state index in [1.165, 1.54) is 24.9 Å². The third-order valence-corrected chi connectivity index (χ3v) is 4.90. The van der Waals surface area contributed by atoms with Crippen LogP contribution in [0, 0.1) is 37.0 Å². The SMILES string of the molecule is CCC.Cc1nc2cnc(N)c(C#Cc3cncc(C(=O)N=C(N)OC(=N)C4COC4)c3)c2nc1C. The number of carbonyl (C=O) groups is 1. The van der Waals surface area contributed by atoms with Gasteiger partial charge in [-0.2, -0.15) is 4.99 Å². The fourth-order valence-corrected chi connectivity index (χ4v) is 2.86. The van der Waals surface area contributed by atoms with Crippen LogP contribution in [-0.2, 0) is 9.47 Å². The molecule has 0 aromatic carbocycles. The minimum atomic E-state index is -0.676. The zero-order chi connectivity index (χ0) is 26.2. The molecule has 11 heteroatoms. The van der Waals surface area contributed by atoms with E-state index in [-0.39, 0.29) is 23.2 Å². The quantitative estimate of drug-likeness (QED) is 0.278. The van der Waals surface area contributed by atoms with E-state index in [0.717, 1.165) is 11.4 Å². The number of nitrogens with zero attached hydrogens (tertiary/aromatic N) is 5. The Morgan fingerprint density at radius 2 is 1.89 bits per heavy atom. The number of hydrogen-bond donors (Lipinski definition) is 3. The number of rotatable bonds is 2. The maximum atomic E-state index is 12.4. The molecule has 0 atom stereocenters. The molecular formula is C25H28N8O3. The molecule has 0 saturated carbocycles. The lowest BCUT2D eigenvalue weighted by Crippen LogP contribution is -2.38. The number of fused-ring (bicyclic) bond motifs is 1. The van der Waals surface area contributed by atoms with Gasteiger partial charge < -0.3 is 20.9 Å². The average molecular weight is 489 g/mol. The Labute approximate surface area is 208 Å². The number of carbonyl (C=O) groups excluding carboxylic acids is 1. The third kappa shape index (κ3) is 6.37. The first-order chi connectivity index (χ1) is 17.2. The van der Waals surface area contributed by atoms with Gasteiger partial charge in [-0.1, -0.05) is 32.1 Å². The summed E-state index contributed by atoms with van der Waals surface area (Å²) in [6, 6.07) is 1.09. The van der Waals surface area contributed by atoms with Crippen LogP contribution >= 0.6 is 0 Å². The van der Waals surface area contributed by atoms with E-state index >= 15 is 0 Å². The van der Waals surface area contributed by atoms with Crippen LogP contribution in [0.3, 0.4) is 0 Å². The summed E-state index contributed by atoms with van der Waals surface area (Å²) in [5, 5.41) is 7.77. The van der Waals surface area contributed by atoms with E-state index < -0.39 is 11.9 Å². The Kier molecular flexibility index (Phi) is 8.59. The van der Waals surface area contributed by atoms with Gasteiger partial charge in [0.1, 0.15) is 16.9 Å². The number of aromatic nitrogens is 4. The van der Waals surface area contributed by atoms with Gasteiger partial charge >= 0.3 is 0 Å². The first-order valence-electron chi connectivity index (χ1n) is 11.3. The molecule has 11 nitrogen and oxygen atoms in total. The van der Waals surface area contributed by atoms with Gasteiger partial charge in [-0.3, -0.25) is 15.2 Å². The van der Waals surface area contributed by atoms with Gasteiger partial charge in [0.2, 0.25) is 0 Å². The van der Waals surface area contributed by atoms with Crippen LogP contribution in [0.25, 0.3) is 11.0 Å². The maximum Gasteiger partial charge on any atom is 0.296 e. The predicted molar refractivity (Wildman–Crippen MR) is 136 cm³/mol. The lowest BCUT2D eigenvalue weighted by molar-refractivity contribution is -0.00525. The molecule has 4 heterocycles. The fraction of sp³-hybridized carbons (Fsp3) is 0.320. The van der Waals surface area contributed by atoms with Crippen LogP contribution < -0.4 is 11.5 Å².